The Balaban J connectivity index is 1.78. The van der Waals surface area contributed by atoms with Gasteiger partial charge in [-0.3, -0.25) is 14.4 Å². The molecule has 0 radical (unpaired) electrons. The molecular weight excluding hydrogens is 370 g/mol. The highest BCUT2D eigenvalue weighted by atomic mass is 32.2. The van der Waals surface area contributed by atoms with E-state index in [9.17, 15) is 22.8 Å². The number of hydrogen-bond acceptors (Lipinski definition) is 5. The van der Waals surface area contributed by atoms with Crippen LogP contribution < -0.4 is 14.9 Å². The van der Waals surface area contributed by atoms with Crippen LogP contribution >= 0.6 is 0 Å². The van der Waals surface area contributed by atoms with Crippen molar-refractivity contribution in [1.82, 2.24) is 0 Å². The molecule has 3 amide bonds. The highest BCUT2D eigenvalue weighted by molar-refractivity contribution is 7.94. The molecule has 0 unspecified atom stereocenters. The van der Waals surface area contributed by atoms with E-state index >= 15 is 0 Å². The average molecular weight is 387 g/mol. The smallest absolute Gasteiger partial charge is 0.255 e. The summed E-state index contributed by atoms with van der Waals surface area (Å²) in [5, 5.41) is 5.31. The molecule has 2 aromatic carbocycles. The Labute approximate surface area is 156 Å². The molecule has 8 nitrogen and oxygen atoms in total. The summed E-state index contributed by atoms with van der Waals surface area (Å²) in [5.41, 5.74) is 1.46. The van der Waals surface area contributed by atoms with E-state index in [0.717, 1.165) is 4.31 Å². The zero-order valence-corrected chi connectivity index (χ0v) is 15.2. The molecule has 140 valence electrons. The lowest BCUT2D eigenvalue weighted by atomic mass is 10.1. The van der Waals surface area contributed by atoms with Crippen molar-refractivity contribution in [3.05, 3.63) is 54.1 Å². The standard InChI is InChI=1S/C18H17N3O5S/c1-12(22)19-14-5-7-15(8-6-14)20-18(24)13-3-2-4-16(11-13)21-17(23)9-10-27(21,25)26/h2-8,11H,9-10H2,1H3,(H,19,22)(H,20,24). The fourth-order valence-electron chi connectivity index (χ4n) is 2.69. The Morgan fingerprint density at radius 3 is 2.19 bits per heavy atom. The van der Waals surface area contributed by atoms with Gasteiger partial charge in [0.15, 0.2) is 0 Å². The molecule has 3 rings (SSSR count). The molecule has 0 atom stereocenters. The van der Waals surface area contributed by atoms with E-state index in [1.54, 1.807) is 24.3 Å². The summed E-state index contributed by atoms with van der Waals surface area (Å²) >= 11 is 0. The summed E-state index contributed by atoms with van der Waals surface area (Å²) in [7, 11) is -3.69. The molecule has 0 saturated carbocycles. The first-order valence-electron chi connectivity index (χ1n) is 8.11. The number of anilines is 3. The SMILES string of the molecule is CC(=O)Nc1ccc(NC(=O)c2cccc(N3C(=O)CCS3(=O)=O)c2)cc1. The molecule has 1 saturated heterocycles. The van der Waals surface area contributed by atoms with Gasteiger partial charge in [-0.15, -0.1) is 0 Å². The van der Waals surface area contributed by atoms with Crippen LogP contribution in [0.25, 0.3) is 0 Å². The maximum atomic E-state index is 12.5. The molecule has 2 aromatic rings. The molecule has 0 aliphatic carbocycles. The van der Waals surface area contributed by atoms with E-state index in [1.165, 1.54) is 31.2 Å². The summed E-state index contributed by atoms with van der Waals surface area (Å²) in [4.78, 5) is 35.4. The van der Waals surface area contributed by atoms with Gasteiger partial charge >= 0.3 is 0 Å². The highest BCUT2D eigenvalue weighted by Gasteiger charge is 2.36. The van der Waals surface area contributed by atoms with Crippen LogP contribution in [-0.4, -0.2) is 31.9 Å². The molecule has 1 aliphatic heterocycles. The second kappa shape index (κ2) is 7.20. The van der Waals surface area contributed by atoms with Crippen LogP contribution in [-0.2, 0) is 19.6 Å². The van der Waals surface area contributed by atoms with Crippen LogP contribution in [0.2, 0.25) is 0 Å². The monoisotopic (exact) mass is 387 g/mol. The zero-order chi connectivity index (χ0) is 19.6. The number of nitrogens with zero attached hydrogens (tertiary/aromatic N) is 1. The largest absolute Gasteiger partial charge is 0.326 e. The van der Waals surface area contributed by atoms with E-state index in [1.807, 2.05) is 0 Å². The van der Waals surface area contributed by atoms with Crippen molar-refractivity contribution in [3.63, 3.8) is 0 Å². The Kier molecular flexibility index (Phi) is 4.95. The third-order valence-corrected chi connectivity index (χ3v) is 5.58. The van der Waals surface area contributed by atoms with Crippen molar-refractivity contribution in [2.24, 2.45) is 0 Å². The third-order valence-electron chi connectivity index (χ3n) is 3.88. The lowest BCUT2D eigenvalue weighted by Gasteiger charge is -2.15. The van der Waals surface area contributed by atoms with Gasteiger partial charge in [-0.1, -0.05) is 6.07 Å². The summed E-state index contributed by atoms with van der Waals surface area (Å²) in [6.45, 7) is 1.40. The summed E-state index contributed by atoms with van der Waals surface area (Å²) in [5.74, 6) is -1.40. The first-order chi connectivity index (χ1) is 12.8. The van der Waals surface area contributed by atoms with E-state index in [-0.39, 0.29) is 29.3 Å². The minimum atomic E-state index is -3.69. The topological polar surface area (TPSA) is 113 Å². The van der Waals surface area contributed by atoms with Crippen molar-refractivity contribution in [1.29, 1.82) is 0 Å². The quantitative estimate of drug-likeness (QED) is 0.833. The van der Waals surface area contributed by atoms with Crippen molar-refractivity contribution < 1.29 is 22.8 Å². The number of rotatable bonds is 4. The Bertz CT molecular complexity index is 1020. The van der Waals surface area contributed by atoms with Gasteiger partial charge in [-0.05, 0) is 42.5 Å². The zero-order valence-electron chi connectivity index (χ0n) is 14.4. The Hall–Kier alpha value is -3.20. The van der Waals surface area contributed by atoms with E-state index in [2.05, 4.69) is 10.6 Å². The van der Waals surface area contributed by atoms with Crippen LogP contribution in [0.15, 0.2) is 48.5 Å². The first kappa shape index (κ1) is 18.6. The lowest BCUT2D eigenvalue weighted by molar-refractivity contribution is -0.116. The van der Waals surface area contributed by atoms with Crippen molar-refractivity contribution in [3.8, 4) is 0 Å². The molecule has 0 bridgehead atoms. The maximum absolute atomic E-state index is 12.5. The van der Waals surface area contributed by atoms with E-state index in [4.69, 9.17) is 0 Å². The average Bonchev–Trinajstić information content (AvgIpc) is 2.89. The molecule has 0 spiro atoms. The van der Waals surface area contributed by atoms with Crippen molar-refractivity contribution in [2.75, 3.05) is 20.7 Å². The molecular formula is C18H17N3O5S. The maximum Gasteiger partial charge on any atom is 0.255 e. The summed E-state index contributed by atoms with van der Waals surface area (Å²) in [6, 6.07) is 12.4. The van der Waals surface area contributed by atoms with Crippen LogP contribution in [0.4, 0.5) is 17.1 Å². The number of carbonyl (C=O) groups excluding carboxylic acids is 3. The molecule has 1 aliphatic rings. The van der Waals surface area contributed by atoms with E-state index < -0.39 is 21.8 Å². The van der Waals surface area contributed by atoms with Crippen LogP contribution in [0, 0.1) is 0 Å². The van der Waals surface area contributed by atoms with Gasteiger partial charge < -0.3 is 10.6 Å². The molecule has 27 heavy (non-hydrogen) atoms. The van der Waals surface area contributed by atoms with Crippen molar-refractivity contribution >= 4 is 44.8 Å². The van der Waals surface area contributed by atoms with Gasteiger partial charge in [-0.2, -0.15) is 0 Å². The van der Waals surface area contributed by atoms with Gasteiger partial charge in [0.25, 0.3) is 5.91 Å². The van der Waals surface area contributed by atoms with Gasteiger partial charge in [0.05, 0.1) is 11.4 Å². The van der Waals surface area contributed by atoms with Gasteiger partial charge in [0.2, 0.25) is 21.8 Å². The van der Waals surface area contributed by atoms with Crippen LogP contribution in [0.3, 0.4) is 0 Å². The second-order valence-corrected chi connectivity index (χ2v) is 7.92. The van der Waals surface area contributed by atoms with E-state index in [0.29, 0.717) is 11.4 Å². The van der Waals surface area contributed by atoms with Gasteiger partial charge in [-0.25, -0.2) is 12.7 Å². The van der Waals surface area contributed by atoms with Gasteiger partial charge in [0, 0.05) is 30.3 Å². The fourth-order valence-corrected chi connectivity index (χ4v) is 4.14. The fraction of sp³-hybridized carbons (Fsp3) is 0.167. The molecule has 1 fully saturated rings. The number of hydrogen-bond donors (Lipinski definition) is 2. The van der Waals surface area contributed by atoms with Crippen LogP contribution in [0.5, 0.6) is 0 Å². The summed E-state index contributed by atoms with van der Waals surface area (Å²) < 4.78 is 24.8. The molecule has 1 heterocycles. The van der Waals surface area contributed by atoms with Gasteiger partial charge in [0.1, 0.15) is 0 Å². The normalized spacial score (nSPS) is 15.4. The Morgan fingerprint density at radius 1 is 1.00 bits per heavy atom. The second-order valence-electron chi connectivity index (χ2n) is 5.99. The summed E-state index contributed by atoms with van der Waals surface area (Å²) in [6.07, 6.45) is -0.0700. The first-order valence-corrected chi connectivity index (χ1v) is 9.72. The predicted molar refractivity (Wildman–Crippen MR) is 101 cm³/mol. The van der Waals surface area contributed by atoms with Crippen LogP contribution in [0.1, 0.15) is 23.7 Å². The van der Waals surface area contributed by atoms with Crippen molar-refractivity contribution in [2.45, 2.75) is 13.3 Å². The lowest BCUT2D eigenvalue weighted by Crippen LogP contribution is -2.29. The molecule has 2 N–H and O–H groups in total. The number of amides is 3. The third kappa shape index (κ3) is 4.14. The number of carbonyl (C=O) groups is 3. The highest BCUT2D eigenvalue weighted by Crippen LogP contribution is 2.26. The minimum absolute atomic E-state index is 0.0700. The predicted octanol–water partition coefficient (Wildman–Crippen LogP) is 1.96. The molecule has 0 aromatic heterocycles. The number of nitrogens with one attached hydrogen (secondary N) is 2. The minimum Gasteiger partial charge on any atom is -0.326 e. The number of sulfonamides is 1. The molecule has 9 heteroatoms. The number of benzene rings is 2. The Morgan fingerprint density at radius 2 is 1.63 bits per heavy atom.